The first-order chi connectivity index (χ1) is 16.3. The second kappa shape index (κ2) is 9.22. The number of hydrogen-bond acceptors (Lipinski definition) is 7. The topological polar surface area (TPSA) is 135 Å². The summed E-state index contributed by atoms with van der Waals surface area (Å²) in [5.41, 5.74) is 10.5. The van der Waals surface area contributed by atoms with E-state index in [2.05, 4.69) is 15.7 Å². The number of hydrogen-bond donors (Lipinski definition) is 4. The van der Waals surface area contributed by atoms with Crippen molar-refractivity contribution in [3.8, 4) is 0 Å². The Bertz CT molecular complexity index is 1310. The Balaban J connectivity index is 1.77. The van der Waals surface area contributed by atoms with Crippen molar-refractivity contribution in [3.63, 3.8) is 0 Å². The number of anilines is 3. The van der Waals surface area contributed by atoms with Gasteiger partial charge in [-0.25, -0.2) is 9.48 Å². The van der Waals surface area contributed by atoms with Crippen LogP contribution < -0.4 is 16.4 Å². The van der Waals surface area contributed by atoms with Gasteiger partial charge in [0, 0.05) is 34.9 Å². The van der Waals surface area contributed by atoms with Crippen molar-refractivity contribution in [2.24, 2.45) is 0 Å². The molecule has 0 fully saturated rings. The average Bonchev–Trinajstić information content (AvgIpc) is 3.24. The van der Waals surface area contributed by atoms with E-state index in [4.69, 9.17) is 15.9 Å². The van der Waals surface area contributed by atoms with Crippen LogP contribution in [0.3, 0.4) is 0 Å². The van der Waals surface area contributed by atoms with Gasteiger partial charge in [-0.1, -0.05) is 29.8 Å². The number of nitrogens with two attached hydrogens (primary N) is 1. The number of nitrogens with one attached hydrogen (secondary N) is 3. The number of aromatic nitrogens is 2. The van der Waals surface area contributed by atoms with E-state index in [0.717, 1.165) is 17.3 Å². The summed E-state index contributed by atoms with van der Waals surface area (Å²) in [7, 11) is 0. The summed E-state index contributed by atoms with van der Waals surface area (Å²) >= 11 is 0. The third kappa shape index (κ3) is 4.27. The van der Waals surface area contributed by atoms with Crippen LogP contribution in [-0.2, 0) is 9.53 Å². The Labute approximate surface area is 197 Å². The number of amides is 1. The summed E-state index contributed by atoms with van der Waals surface area (Å²) in [6.45, 7) is 5.76. The molecule has 0 bridgehead atoms. The van der Waals surface area contributed by atoms with Gasteiger partial charge in [-0.2, -0.15) is 5.10 Å². The molecule has 4 rings (SSSR count). The number of ether oxygens (including phenoxy) is 1. The summed E-state index contributed by atoms with van der Waals surface area (Å²) in [5.74, 6) is -0.282. The highest BCUT2D eigenvalue weighted by molar-refractivity contribution is 6.06. The lowest BCUT2D eigenvalue weighted by atomic mass is 9.94. The van der Waals surface area contributed by atoms with Gasteiger partial charge in [-0.05, 0) is 44.5 Å². The molecule has 174 valence electrons. The van der Waals surface area contributed by atoms with E-state index in [1.807, 2.05) is 38.1 Å². The summed E-state index contributed by atoms with van der Waals surface area (Å²) in [6.07, 6.45) is 1.14. The van der Waals surface area contributed by atoms with Crippen LogP contribution in [0.2, 0.25) is 0 Å². The van der Waals surface area contributed by atoms with Crippen molar-refractivity contribution < 1.29 is 14.3 Å². The van der Waals surface area contributed by atoms with Gasteiger partial charge >= 0.3 is 5.97 Å². The summed E-state index contributed by atoms with van der Waals surface area (Å²) in [4.78, 5) is 25.9. The van der Waals surface area contributed by atoms with Crippen molar-refractivity contribution in [3.05, 3.63) is 82.2 Å². The Kier molecular flexibility index (Phi) is 6.18. The van der Waals surface area contributed by atoms with E-state index in [-0.39, 0.29) is 18.2 Å². The number of allylic oxidation sites excluding steroid dienone is 1. The fraction of sp³-hybridized carbons (Fsp3) is 0.200. The zero-order valence-corrected chi connectivity index (χ0v) is 19.2. The first-order valence-corrected chi connectivity index (χ1v) is 10.8. The standard InChI is InChI=1S/C25H26N6O3/c1-4-34-25(33)20-12-21-28-15(3)22(23(31(21)30-20)16-7-5-14(2)6-8-16)24(32)29-18-9-10-19(27)17(11-18)13-26/h5-13,23,26,28H,4,27H2,1-3H3,(H,29,32). The maximum atomic E-state index is 13.5. The molecule has 1 aliphatic rings. The third-order valence-electron chi connectivity index (χ3n) is 5.60. The number of carbonyl (C=O) groups excluding carboxylic acids is 2. The minimum absolute atomic E-state index is 0.157. The first kappa shape index (κ1) is 22.8. The number of nitrogen functional groups attached to an aromatic ring is 1. The zero-order valence-electron chi connectivity index (χ0n) is 19.2. The second-order valence-corrected chi connectivity index (χ2v) is 8.00. The van der Waals surface area contributed by atoms with Crippen LogP contribution in [0.4, 0.5) is 17.2 Å². The van der Waals surface area contributed by atoms with Crippen molar-refractivity contribution in [1.29, 1.82) is 5.41 Å². The number of esters is 1. The van der Waals surface area contributed by atoms with Gasteiger partial charge in [0.2, 0.25) is 0 Å². The van der Waals surface area contributed by atoms with Crippen LogP contribution in [0.1, 0.15) is 47.1 Å². The van der Waals surface area contributed by atoms with Gasteiger partial charge in [0.15, 0.2) is 5.69 Å². The molecule has 0 spiro atoms. The monoisotopic (exact) mass is 458 g/mol. The zero-order chi connectivity index (χ0) is 24.4. The molecule has 1 aliphatic heterocycles. The van der Waals surface area contributed by atoms with E-state index in [1.54, 1.807) is 35.9 Å². The van der Waals surface area contributed by atoms with Gasteiger partial charge in [0.1, 0.15) is 11.9 Å². The maximum Gasteiger partial charge on any atom is 0.358 e. The van der Waals surface area contributed by atoms with Crippen LogP contribution in [0.25, 0.3) is 0 Å². The SMILES string of the molecule is CCOC(=O)c1cc2n(n1)C(c1ccc(C)cc1)C(C(=O)Nc1ccc(N)c(C=N)c1)=C(C)N2. The maximum absolute atomic E-state index is 13.5. The van der Waals surface area contributed by atoms with Gasteiger partial charge < -0.3 is 26.5 Å². The number of benzene rings is 2. The number of nitrogens with zero attached hydrogens (tertiary/aromatic N) is 2. The van der Waals surface area contributed by atoms with E-state index in [9.17, 15) is 9.59 Å². The molecule has 9 nitrogen and oxygen atoms in total. The Morgan fingerprint density at radius 2 is 1.94 bits per heavy atom. The van der Waals surface area contributed by atoms with Crippen LogP contribution in [0, 0.1) is 12.3 Å². The molecule has 3 aromatic rings. The normalized spacial score (nSPS) is 14.7. The van der Waals surface area contributed by atoms with Crippen LogP contribution in [0.5, 0.6) is 0 Å². The Morgan fingerprint density at radius 1 is 1.21 bits per heavy atom. The smallest absolute Gasteiger partial charge is 0.358 e. The lowest BCUT2D eigenvalue weighted by molar-refractivity contribution is -0.113. The van der Waals surface area contributed by atoms with E-state index in [1.165, 1.54) is 0 Å². The van der Waals surface area contributed by atoms with Crippen LogP contribution in [0.15, 0.2) is 59.8 Å². The Hall–Kier alpha value is -4.40. The van der Waals surface area contributed by atoms with Gasteiger partial charge in [0.25, 0.3) is 5.91 Å². The highest BCUT2D eigenvalue weighted by Gasteiger charge is 2.34. The predicted octanol–water partition coefficient (Wildman–Crippen LogP) is 3.88. The van der Waals surface area contributed by atoms with Crippen LogP contribution in [-0.4, -0.2) is 34.5 Å². The van der Waals surface area contributed by atoms with Crippen LogP contribution >= 0.6 is 0 Å². The highest BCUT2D eigenvalue weighted by Crippen LogP contribution is 2.37. The van der Waals surface area contributed by atoms with E-state index >= 15 is 0 Å². The lowest BCUT2D eigenvalue weighted by Gasteiger charge is -2.29. The van der Waals surface area contributed by atoms with Crippen molar-refractivity contribution in [2.45, 2.75) is 26.8 Å². The Morgan fingerprint density at radius 3 is 2.62 bits per heavy atom. The van der Waals surface area contributed by atoms with Crippen molar-refractivity contribution >= 4 is 35.3 Å². The first-order valence-electron chi connectivity index (χ1n) is 10.8. The molecule has 1 atom stereocenters. The number of aryl methyl sites for hydroxylation is 1. The fourth-order valence-corrected chi connectivity index (χ4v) is 3.90. The minimum Gasteiger partial charge on any atom is -0.461 e. The number of rotatable bonds is 6. The largest absolute Gasteiger partial charge is 0.461 e. The molecule has 5 N–H and O–H groups in total. The quantitative estimate of drug-likeness (QED) is 0.252. The molecule has 0 saturated carbocycles. The molecule has 1 aromatic heterocycles. The lowest BCUT2D eigenvalue weighted by Crippen LogP contribution is -2.31. The molecule has 1 amide bonds. The van der Waals surface area contributed by atoms with Crippen molar-refractivity contribution in [1.82, 2.24) is 9.78 Å². The summed E-state index contributed by atoms with van der Waals surface area (Å²) in [6, 6.07) is 13.8. The number of fused-ring (bicyclic) bond motifs is 1. The number of carbonyl (C=O) groups is 2. The highest BCUT2D eigenvalue weighted by atomic mass is 16.5. The predicted molar refractivity (Wildman–Crippen MR) is 131 cm³/mol. The molecule has 1 unspecified atom stereocenters. The molecule has 2 heterocycles. The molecule has 0 aliphatic carbocycles. The van der Waals surface area contributed by atoms with E-state index in [0.29, 0.717) is 34.0 Å². The van der Waals surface area contributed by atoms with Gasteiger partial charge in [-0.3, -0.25) is 4.79 Å². The molecular formula is C25H26N6O3. The molecule has 2 aromatic carbocycles. The summed E-state index contributed by atoms with van der Waals surface area (Å²) < 4.78 is 6.74. The third-order valence-corrected chi connectivity index (χ3v) is 5.60. The van der Waals surface area contributed by atoms with E-state index < -0.39 is 12.0 Å². The second-order valence-electron chi connectivity index (χ2n) is 8.00. The average molecular weight is 459 g/mol. The molecule has 9 heteroatoms. The molecule has 0 saturated heterocycles. The van der Waals surface area contributed by atoms with Gasteiger partial charge in [0.05, 0.1) is 12.2 Å². The summed E-state index contributed by atoms with van der Waals surface area (Å²) in [5, 5.41) is 18.1. The minimum atomic E-state index is -0.573. The fourth-order valence-electron chi connectivity index (χ4n) is 3.90. The van der Waals surface area contributed by atoms with Gasteiger partial charge in [-0.15, -0.1) is 0 Å². The van der Waals surface area contributed by atoms with Crippen molar-refractivity contribution in [2.75, 3.05) is 23.0 Å². The molecule has 0 radical (unpaired) electrons. The molecule has 34 heavy (non-hydrogen) atoms. The molecular weight excluding hydrogens is 432 g/mol.